The van der Waals surface area contributed by atoms with E-state index in [4.69, 9.17) is 0 Å². The minimum Gasteiger partial charge on any atom is -0.342 e. The van der Waals surface area contributed by atoms with E-state index in [0.29, 0.717) is 23.7 Å². The molecular weight excluding hydrogens is 295 g/mol. The van der Waals surface area contributed by atoms with Crippen molar-refractivity contribution in [3.8, 4) is 0 Å². The molecule has 0 unspecified atom stereocenters. The van der Waals surface area contributed by atoms with Crippen molar-refractivity contribution in [2.75, 3.05) is 24.5 Å². The average molecular weight is 318 g/mol. The molecule has 0 bridgehead atoms. The minimum absolute atomic E-state index is 0.0694. The molecule has 5 heteroatoms. The van der Waals surface area contributed by atoms with Gasteiger partial charge in [0.2, 0.25) is 11.8 Å². The molecule has 0 saturated carbocycles. The second kappa shape index (κ2) is 6.30. The molecule has 2 atom stereocenters. The van der Waals surface area contributed by atoms with E-state index in [-0.39, 0.29) is 30.0 Å². The van der Waals surface area contributed by atoms with E-state index in [1.54, 1.807) is 24.0 Å². The van der Waals surface area contributed by atoms with Crippen LogP contribution in [0.15, 0.2) is 18.2 Å². The number of hydrogen-bond acceptors (Lipinski definition) is 2. The zero-order valence-corrected chi connectivity index (χ0v) is 13.7. The van der Waals surface area contributed by atoms with Crippen molar-refractivity contribution in [1.29, 1.82) is 0 Å². The van der Waals surface area contributed by atoms with Crippen LogP contribution in [0, 0.1) is 24.6 Å². The Morgan fingerprint density at radius 3 is 2.78 bits per heavy atom. The maximum atomic E-state index is 13.7. The summed E-state index contributed by atoms with van der Waals surface area (Å²) in [4.78, 5) is 28.4. The van der Waals surface area contributed by atoms with Gasteiger partial charge in [0.1, 0.15) is 5.82 Å². The fourth-order valence-electron chi connectivity index (χ4n) is 3.52. The predicted octanol–water partition coefficient (Wildman–Crippen LogP) is 2.75. The number of aryl methyl sites for hydroxylation is 1. The van der Waals surface area contributed by atoms with Crippen LogP contribution in [0.5, 0.6) is 0 Å². The molecule has 2 aliphatic rings. The van der Waals surface area contributed by atoms with Crippen LogP contribution < -0.4 is 4.90 Å². The van der Waals surface area contributed by atoms with Crippen LogP contribution in [0.2, 0.25) is 0 Å². The molecule has 0 radical (unpaired) electrons. The smallest absolute Gasteiger partial charge is 0.228 e. The second-order valence-corrected chi connectivity index (χ2v) is 6.87. The SMILES string of the molecule is Cc1ccc(N2C[C@@H](C(=O)N3CCC[C@H](C)C3)CC2=O)cc1F. The normalized spacial score (nSPS) is 25.1. The Morgan fingerprint density at radius 1 is 1.30 bits per heavy atom. The molecule has 0 spiro atoms. The van der Waals surface area contributed by atoms with Crippen LogP contribution in [0.25, 0.3) is 0 Å². The van der Waals surface area contributed by atoms with E-state index in [1.807, 2.05) is 4.90 Å². The predicted molar refractivity (Wildman–Crippen MR) is 86.6 cm³/mol. The van der Waals surface area contributed by atoms with Crippen LogP contribution >= 0.6 is 0 Å². The van der Waals surface area contributed by atoms with Crippen LogP contribution in [-0.2, 0) is 9.59 Å². The van der Waals surface area contributed by atoms with Crippen molar-refractivity contribution < 1.29 is 14.0 Å². The highest BCUT2D eigenvalue weighted by Crippen LogP contribution is 2.28. The number of likely N-dealkylation sites (tertiary alicyclic amines) is 1. The van der Waals surface area contributed by atoms with Crippen molar-refractivity contribution in [2.24, 2.45) is 11.8 Å². The van der Waals surface area contributed by atoms with E-state index >= 15 is 0 Å². The highest BCUT2D eigenvalue weighted by molar-refractivity contribution is 6.00. The summed E-state index contributed by atoms with van der Waals surface area (Å²) in [5.74, 6) is -0.143. The van der Waals surface area contributed by atoms with Crippen molar-refractivity contribution in [1.82, 2.24) is 4.90 Å². The van der Waals surface area contributed by atoms with Gasteiger partial charge in [-0.25, -0.2) is 4.39 Å². The molecule has 2 heterocycles. The molecule has 2 saturated heterocycles. The topological polar surface area (TPSA) is 40.6 Å². The number of carbonyl (C=O) groups excluding carboxylic acids is 2. The summed E-state index contributed by atoms with van der Waals surface area (Å²) in [6, 6.07) is 4.79. The molecule has 2 aliphatic heterocycles. The van der Waals surface area contributed by atoms with Crippen molar-refractivity contribution >= 4 is 17.5 Å². The van der Waals surface area contributed by atoms with E-state index in [1.165, 1.54) is 6.07 Å². The Bertz CT molecular complexity index is 631. The number of nitrogens with zero attached hydrogens (tertiary/aromatic N) is 2. The first-order valence-electron chi connectivity index (χ1n) is 8.31. The summed E-state index contributed by atoms with van der Waals surface area (Å²) in [7, 11) is 0. The lowest BCUT2D eigenvalue weighted by Crippen LogP contribution is -2.43. The standard InChI is InChI=1S/C18H23FN2O2/c1-12-4-3-7-20(10-12)18(23)14-8-17(22)21(11-14)15-6-5-13(2)16(19)9-15/h5-6,9,12,14H,3-4,7-8,10-11H2,1-2H3/t12-,14-/m0/s1. The lowest BCUT2D eigenvalue weighted by Gasteiger charge is -2.32. The van der Waals surface area contributed by atoms with Gasteiger partial charge < -0.3 is 9.80 Å². The number of amides is 2. The third kappa shape index (κ3) is 3.23. The van der Waals surface area contributed by atoms with Crippen molar-refractivity contribution in [2.45, 2.75) is 33.1 Å². The number of carbonyl (C=O) groups is 2. The molecule has 1 aromatic rings. The van der Waals surface area contributed by atoms with Gasteiger partial charge in [-0.15, -0.1) is 0 Å². The fraction of sp³-hybridized carbons (Fsp3) is 0.556. The fourth-order valence-corrected chi connectivity index (χ4v) is 3.52. The molecule has 3 rings (SSSR count). The van der Waals surface area contributed by atoms with Crippen LogP contribution in [0.4, 0.5) is 10.1 Å². The molecule has 1 aromatic carbocycles. The Kier molecular flexibility index (Phi) is 4.37. The van der Waals surface area contributed by atoms with Gasteiger partial charge in [-0.1, -0.05) is 13.0 Å². The summed E-state index contributed by atoms with van der Waals surface area (Å²) in [5, 5.41) is 0. The number of anilines is 1. The van der Waals surface area contributed by atoms with Crippen LogP contribution in [-0.4, -0.2) is 36.3 Å². The maximum Gasteiger partial charge on any atom is 0.228 e. The van der Waals surface area contributed by atoms with Gasteiger partial charge in [-0.2, -0.15) is 0 Å². The molecule has 0 aliphatic carbocycles. The van der Waals surface area contributed by atoms with E-state index < -0.39 is 0 Å². The zero-order valence-electron chi connectivity index (χ0n) is 13.7. The van der Waals surface area contributed by atoms with Crippen LogP contribution in [0.3, 0.4) is 0 Å². The Balaban J connectivity index is 1.71. The lowest BCUT2D eigenvalue weighted by atomic mass is 9.98. The summed E-state index contributed by atoms with van der Waals surface area (Å²) >= 11 is 0. The average Bonchev–Trinajstić information content (AvgIpc) is 2.91. The monoisotopic (exact) mass is 318 g/mol. The third-order valence-electron chi connectivity index (χ3n) is 4.91. The number of rotatable bonds is 2. The summed E-state index contributed by atoms with van der Waals surface area (Å²) in [5.41, 5.74) is 1.09. The zero-order chi connectivity index (χ0) is 16.6. The number of benzene rings is 1. The van der Waals surface area contributed by atoms with Gasteiger partial charge in [0, 0.05) is 31.7 Å². The molecule has 0 aromatic heterocycles. The minimum atomic E-state index is -0.324. The number of hydrogen-bond donors (Lipinski definition) is 0. The van der Waals surface area contributed by atoms with Crippen LogP contribution in [0.1, 0.15) is 31.7 Å². The molecule has 23 heavy (non-hydrogen) atoms. The Labute approximate surface area is 136 Å². The number of piperidine rings is 1. The lowest BCUT2D eigenvalue weighted by molar-refractivity contribution is -0.137. The van der Waals surface area contributed by atoms with Crippen molar-refractivity contribution in [3.05, 3.63) is 29.6 Å². The summed E-state index contributed by atoms with van der Waals surface area (Å²) < 4.78 is 13.7. The van der Waals surface area contributed by atoms with Gasteiger partial charge >= 0.3 is 0 Å². The van der Waals surface area contributed by atoms with Crippen molar-refractivity contribution in [3.63, 3.8) is 0 Å². The second-order valence-electron chi connectivity index (χ2n) is 6.87. The van der Waals surface area contributed by atoms with E-state index in [9.17, 15) is 14.0 Å². The molecular formula is C18H23FN2O2. The van der Waals surface area contributed by atoms with E-state index in [2.05, 4.69) is 6.92 Å². The van der Waals surface area contributed by atoms with Gasteiger partial charge in [0.05, 0.1) is 5.92 Å². The molecule has 2 amide bonds. The first-order valence-corrected chi connectivity index (χ1v) is 8.31. The highest BCUT2D eigenvalue weighted by Gasteiger charge is 2.38. The quantitative estimate of drug-likeness (QED) is 0.841. The van der Waals surface area contributed by atoms with Gasteiger partial charge in [-0.05, 0) is 43.4 Å². The first kappa shape index (κ1) is 16.0. The third-order valence-corrected chi connectivity index (χ3v) is 4.91. The van der Waals surface area contributed by atoms with Gasteiger partial charge in [0.25, 0.3) is 0 Å². The summed E-state index contributed by atoms with van der Waals surface area (Å²) in [6.45, 7) is 5.76. The molecule has 4 nitrogen and oxygen atoms in total. The molecule has 0 N–H and O–H groups in total. The Morgan fingerprint density at radius 2 is 2.09 bits per heavy atom. The summed E-state index contributed by atoms with van der Waals surface area (Å²) in [6.07, 6.45) is 2.40. The molecule has 2 fully saturated rings. The maximum absolute atomic E-state index is 13.7. The van der Waals surface area contributed by atoms with Gasteiger partial charge in [-0.3, -0.25) is 9.59 Å². The highest BCUT2D eigenvalue weighted by atomic mass is 19.1. The Hall–Kier alpha value is -1.91. The first-order chi connectivity index (χ1) is 11.0. The van der Waals surface area contributed by atoms with E-state index in [0.717, 1.165) is 25.9 Å². The number of halogens is 1. The molecule has 124 valence electrons. The largest absolute Gasteiger partial charge is 0.342 e. The van der Waals surface area contributed by atoms with Gasteiger partial charge in [0.15, 0.2) is 0 Å².